The third-order valence-corrected chi connectivity index (χ3v) is 11.9. The van der Waals surface area contributed by atoms with Crippen molar-refractivity contribution in [3.63, 3.8) is 0 Å². The van der Waals surface area contributed by atoms with E-state index in [2.05, 4.69) is 187 Å². The topological polar surface area (TPSA) is 33.5 Å². The van der Waals surface area contributed by atoms with Gasteiger partial charge >= 0.3 is 0 Å². The van der Waals surface area contributed by atoms with Gasteiger partial charge < -0.3 is 0 Å². The van der Waals surface area contributed by atoms with Crippen molar-refractivity contribution < 1.29 is 4.94 Å². The third kappa shape index (κ3) is 6.32. The van der Waals surface area contributed by atoms with Crippen LogP contribution in [0.15, 0.2) is 228 Å². The van der Waals surface area contributed by atoms with Crippen LogP contribution in [0, 0.1) is 0 Å². The Bertz CT molecular complexity index is 3070. The van der Waals surface area contributed by atoms with Gasteiger partial charge in [0.2, 0.25) is 0 Å². The van der Waals surface area contributed by atoms with Crippen LogP contribution in [0.4, 0.5) is 22.7 Å². The van der Waals surface area contributed by atoms with E-state index in [4.69, 9.17) is 9.92 Å². The molecule has 8 aromatic carbocycles. The summed E-state index contributed by atoms with van der Waals surface area (Å²) in [5, 5.41) is 6.17. The van der Waals surface area contributed by atoms with Crippen LogP contribution in [-0.2, 0) is 4.94 Å². The van der Waals surface area contributed by atoms with Gasteiger partial charge in [-0.05, 0) is 106 Å². The third-order valence-electron chi connectivity index (χ3n) is 10.9. The molecule has 2 aromatic heterocycles. The summed E-state index contributed by atoms with van der Waals surface area (Å²) in [4.78, 5) is 13.8. The number of benzene rings is 8. The van der Waals surface area contributed by atoms with Crippen molar-refractivity contribution in [2.75, 3.05) is 10.1 Å². The number of hydrogen-bond acceptors (Lipinski definition) is 5. The number of anilines is 4. The minimum absolute atomic E-state index is 0.868. The predicted octanol–water partition coefficient (Wildman–Crippen LogP) is 14.5. The van der Waals surface area contributed by atoms with Gasteiger partial charge in [-0.3, -0.25) is 4.57 Å². The molecule has 0 N–H and O–H groups in total. The molecule has 0 saturated carbocycles. The molecule has 1 aliphatic heterocycles. The maximum absolute atomic E-state index is 6.52. The fraction of sp³-hybridized carbons (Fsp3) is 0. The molecule has 3 heterocycles. The van der Waals surface area contributed by atoms with Crippen LogP contribution in [0.1, 0.15) is 0 Å². The van der Waals surface area contributed by atoms with Gasteiger partial charge in [0.15, 0.2) is 0 Å². The summed E-state index contributed by atoms with van der Waals surface area (Å²) >= 11 is 1.74. The van der Waals surface area contributed by atoms with Crippen LogP contribution >= 0.6 is 11.8 Å². The summed E-state index contributed by atoms with van der Waals surface area (Å²) in [6, 6.07) is 74.7. The average Bonchev–Trinajstić information content (AvgIpc) is 3.86. The molecule has 0 saturated heterocycles. The molecule has 59 heavy (non-hydrogen) atoms. The highest BCUT2D eigenvalue weighted by Gasteiger charge is 2.30. The molecule has 6 heteroatoms. The van der Waals surface area contributed by atoms with E-state index in [0.717, 1.165) is 55.0 Å². The number of aromatic nitrogens is 2. The van der Waals surface area contributed by atoms with Crippen LogP contribution in [0.25, 0.3) is 61.0 Å². The van der Waals surface area contributed by atoms with Crippen LogP contribution in [0.3, 0.4) is 0 Å². The molecule has 0 atom stereocenters. The maximum atomic E-state index is 6.52. The highest BCUT2D eigenvalue weighted by Crippen LogP contribution is 2.46. The van der Waals surface area contributed by atoms with Crippen molar-refractivity contribution in [2.24, 2.45) is 0 Å². The highest BCUT2D eigenvalue weighted by molar-refractivity contribution is 7.99. The van der Waals surface area contributed by atoms with E-state index in [9.17, 15) is 0 Å². The largest absolute Gasteiger partial charge is 0.294 e. The van der Waals surface area contributed by atoms with E-state index in [-0.39, 0.29) is 0 Å². The van der Waals surface area contributed by atoms with Crippen molar-refractivity contribution in [3.05, 3.63) is 219 Å². The SMILES string of the molecule is c1ccc(-c2cccc(-c3ccccc3)c2-c2ccnc(-n3c4ccccc4c4ccc(Sc5cccc(N6ON(c7ccccc7)c7ccccc76)c5)cc43)c2)cc1. The molecule has 0 radical (unpaired) electrons. The Labute approximate surface area is 346 Å². The first-order valence-corrected chi connectivity index (χ1v) is 20.5. The Morgan fingerprint density at radius 1 is 0.407 bits per heavy atom. The van der Waals surface area contributed by atoms with Gasteiger partial charge in [0.1, 0.15) is 5.82 Å². The molecule has 5 nitrogen and oxygen atoms in total. The van der Waals surface area contributed by atoms with Crippen LogP contribution in [0.2, 0.25) is 0 Å². The van der Waals surface area contributed by atoms with Gasteiger partial charge in [-0.2, -0.15) is 10.1 Å². The molecule has 0 aliphatic carbocycles. The number of pyridine rings is 1. The summed E-state index contributed by atoms with van der Waals surface area (Å²) in [7, 11) is 0. The van der Waals surface area contributed by atoms with Crippen LogP contribution < -0.4 is 10.1 Å². The van der Waals surface area contributed by atoms with Crippen molar-refractivity contribution in [1.82, 2.24) is 9.55 Å². The van der Waals surface area contributed by atoms with E-state index in [1.165, 1.54) is 38.6 Å². The second kappa shape index (κ2) is 14.8. The fourth-order valence-corrected chi connectivity index (χ4v) is 9.16. The van der Waals surface area contributed by atoms with Crippen molar-refractivity contribution in [1.29, 1.82) is 0 Å². The van der Waals surface area contributed by atoms with Gasteiger partial charge in [-0.1, -0.05) is 151 Å². The zero-order valence-electron chi connectivity index (χ0n) is 31.9. The van der Waals surface area contributed by atoms with Gasteiger partial charge in [-0.25, -0.2) is 4.98 Å². The van der Waals surface area contributed by atoms with Gasteiger partial charge in [0.25, 0.3) is 0 Å². The lowest BCUT2D eigenvalue weighted by Gasteiger charge is -2.20. The van der Waals surface area contributed by atoms with Crippen molar-refractivity contribution in [2.45, 2.75) is 9.79 Å². The summed E-state index contributed by atoms with van der Waals surface area (Å²) in [6.07, 6.45) is 1.95. The number of rotatable bonds is 8. The molecule has 0 fully saturated rings. The number of fused-ring (bicyclic) bond motifs is 4. The summed E-state index contributed by atoms with van der Waals surface area (Å²) in [6.45, 7) is 0. The van der Waals surface area contributed by atoms with Crippen molar-refractivity contribution in [3.8, 4) is 39.2 Å². The summed E-state index contributed by atoms with van der Waals surface area (Å²) in [5.41, 5.74) is 13.1. The Morgan fingerprint density at radius 3 is 1.71 bits per heavy atom. The highest BCUT2D eigenvalue weighted by atomic mass is 32.2. The fourth-order valence-electron chi connectivity index (χ4n) is 8.26. The van der Waals surface area contributed by atoms with Gasteiger partial charge in [0, 0.05) is 26.8 Å². The van der Waals surface area contributed by atoms with E-state index < -0.39 is 0 Å². The van der Waals surface area contributed by atoms with E-state index in [1.54, 1.807) is 11.8 Å². The number of hydrogen-bond donors (Lipinski definition) is 0. The minimum Gasteiger partial charge on any atom is -0.294 e. The first-order valence-electron chi connectivity index (χ1n) is 19.7. The second-order valence-electron chi connectivity index (χ2n) is 14.5. The molecular weight excluding hydrogens is 741 g/mol. The zero-order chi connectivity index (χ0) is 39.1. The molecule has 1 aliphatic rings. The Balaban J connectivity index is 0.994. The zero-order valence-corrected chi connectivity index (χ0v) is 32.7. The lowest BCUT2D eigenvalue weighted by molar-refractivity contribution is 0.156. The van der Waals surface area contributed by atoms with Crippen LogP contribution in [0.5, 0.6) is 0 Å². The lowest BCUT2D eigenvalue weighted by Crippen LogP contribution is -2.20. The normalized spacial score (nSPS) is 12.3. The Hall–Kier alpha value is -7.38. The molecule has 0 unspecified atom stereocenters. The minimum atomic E-state index is 0.868. The van der Waals surface area contributed by atoms with Crippen LogP contribution in [-0.4, -0.2) is 9.55 Å². The summed E-state index contributed by atoms with van der Waals surface area (Å²) < 4.78 is 2.31. The van der Waals surface area contributed by atoms with Crippen molar-refractivity contribution >= 4 is 56.3 Å². The first kappa shape index (κ1) is 34.8. The maximum Gasteiger partial charge on any atom is 0.138 e. The molecule has 0 amide bonds. The van der Waals surface area contributed by atoms with E-state index in [1.807, 2.05) is 46.7 Å². The van der Waals surface area contributed by atoms with E-state index >= 15 is 0 Å². The number of para-hydroxylation sites is 4. The smallest absolute Gasteiger partial charge is 0.138 e. The summed E-state index contributed by atoms with van der Waals surface area (Å²) in [5.74, 6) is 0.868. The second-order valence-corrected chi connectivity index (χ2v) is 15.6. The number of nitrogens with zero attached hydrogens (tertiary/aromatic N) is 4. The van der Waals surface area contributed by atoms with Gasteiger partial charge in [-0.15, -0.1) is 4.94 Å². The molecule has 0 spiro atoms. The predicted molar refractivity (Wildman–Crippen MR) is 244 cm³/mol. The van der Waals surface area contributed by atoms with Gasteiger partial charge in [0.05, 0.1) is 33.8 Å². The molecule has 280 valence electrons. The van der Waals surface area contributed by atoms with E-state index in [0.29, 0.717) is 0 Å². The molecule has 10 aromatic rings. The monoisotopic (exact) mass is 776 g/mol. The standard InChI is InChI=1S/C53H36N4OS/c1-4-16-37(17-5-1)44-25-15-26-45(38-18-6-2-7-19-38)53(44)39-32-33-54-52(34-39)55-48-27-11-10-24-46(48)47-31-30-43(36-51(47)55)59-42-23-14-22-41(35-42)57-50-29-13-12-28-49(50)56(58-57)40-20-8-3-9-21-40/h1-36H. The first-order chi connectivity index (χ1) is 29.3. The average molecular weight is 777 g/mol. The molecule has 0 bridgehead atoms. The Kier molecular flexibility index (Phi) is 8.77. The quantitative estimate of drug-likeness (QED) is 0.153. The lowest BCUT2D eigenvalue weighted by atomic mass is 9.88. The molecular formula is C53H36N4OS. The Morgan fingerprint density at radius 2 is 0.983 bits per heavy atom. The molecule has 11 rings (SSSR count).